The van der Waals surface area contributed by atoms with Crippen molar-refractivity contribution in [3.05, 3.63) is 12.5 Å². The molecule has 3 heteroatoms. The molecule has 1 aliphatic rings. The van der Waals surface area contributed by atoms with E-state index >= 15 is 0 Å². The molecule has 0 atom stereocenters. The van der Waals surface area contributed by atoms with Gasteiger partial charge in [-0.15, -0.1) is 0 Å². The number of carbonyl (C=O) groups excluding carboxylic acids is 1. The lowest BCUT2D eigenvalue weighted by Crippen LogP contribution is -2.29. The Morgan fingerprint density at radius 2 is 2.20 bits per heavy atom. The van der Waals surface area contributed by atoms with E-state index in [4.69, 9.17) is 4.74 Å². The summed E-state index contributed by atoms with van der Waals surface area (Å²) in [4.78, 5) is 10.4. The molecule has 0 radical (unpaired) electrons. The Kier molecular flexibility index (Phi) is 4.37. The molecule has 10 heavy (non-hydrogen) atoms. The summed E-state index contributed by atoms with van der Waals surface area (Å²) >= 11 is 0. The van der Waals surface area contributed by atoms with Crippen LogP contribution in [0.5, 0.6) is 0 Å². The predicted octanol–water partition coefficient (Wildman–Crippen LogP) is 1.02. The van der Waals surface area contributed by atoms with E-state index in [9.17, 15) is 4.79 Å². The Balaban J connectivity index is 0.000000371. The van der Waals surface area contributed by atoms with Gasteiger partial charge in [-0.25, -0.2) is 0 Å². The summed E-state index contributed by atoms with van der Waals surface area (Å²) in [5, 5.41) is 2.42. The lowest BCUT2D eigenvalue weighted by Gasteiger charge is -2.14. The maximum atomic E-state index is 10.4. The van der Waals surface area contributed by atoms with Crippen molar-refractivity contribution in [2.45, 2.75) is 20.3 Å². The second kappa shape index (κ2) is 4.85. The van der Waals surface area contributed by atoms with Crippen LogP contribution in [0, 0.1) is 0 Å². The number of ether oxygens (including phenoxy) is 1. The van der Waals surface area contributed by atoms with Gasteiger partial charge in [0.25, 0.3) is 0 Å². The number of nitrogens with one attached hydrogen (secondary N) is 1. The summed E-state index contributed by atoms with van der Waals surface area (Å²) in [6.45, 7) is 7.87. The zero-order chi connectivity index (χ0) is 7.98. The summed E-state index contributed by atoms with van der Waals surface area (Å²) in [6.07, 6.45) is 0.443. The average molecular weight is 143 g/mol. The summed E-state index contributed by atoms with van der Waals surface area (Å²) in [6, 6.07) is 0. The van der Waals surface area contributed by atoms with Gasteiger partial charge in [0.2, 0.25) is 5.91 Å². The fourth-order valence-electron chi connectivity index (χ4n) is 0.521. The van der Waals surface area contributed by atoms with E-state index in [1.54, 1.807) is 0 Å². The monoisotopic (exact) mass is 143 g/mol. The van der Waals surface area contributed by atoms with Crippen LogP contribution in [0.3, 0.4) is 0 Å². The molecule has 0 bridgehead atoms. The zero-order valence-electron chi connectivity index (χ0n) is 6.44. The molecule has 1 fully saturated rings. The highest BCUT2D eigenvalue weighted by Crippen LogP contribution is 1.97. The first-order chi connectivity index (χ1) is 4.79. The zero-order valence-corrected chi connectivity index (χ0v) is 6.44. The van der Waals surface area contributed by atoms with Crippen molar-refractivity contribution in [2.75, 3.05) is 6.61 Å². The van der Waals surface area contributed by atoms with Crippen molar-refractivity contribution < 1.29 is 9.53 Å². The van der Waals surface area contributed by atoms with E-state index in [0.717, 1.165) is 0 Å². The van der Waals surface area contributed by atoms with Gasteiger partial charge < -0.3 is 4.74 Å². The van der Waals surface area contributed by atoms with E-state index in [1.807, 2.05) is 13.8 Å². The average Bonchev–Trinajstić information content (AvgIpc) is 1.91. The third-order valence-corrected chi connectivity index (χ3v) is 0.884. The molecule has 0 aromatic carbocycles. The highest BCUT2D eigenvalue weighted by molar-refractivity contribution is 5.78. The van der Waals surface area contributed by atoms with Crippen LogP contribution in [0.25, 0.3) is 0 Å². The van der Waals surface area contributed by atoms with Crippen LogP contribution < -0.4 is 5.32 Å². The maximum Gasteiger partial charge on any atom is 0.230 e. The van der Waals surface area contributed by atoms with Gasteiger partial charge in [-0.3, -0.25) is 10.1 Å². The second-order valence-corrected chi connectivity index (χ2v) is 1.57. The molecule has 1 heterocycles. The Morgan fingerprint density at radius 3 is 2.50 bits per heavy atom. The number of carbonyl (C=O) groups is 1. The first-order valence-electron chi connectivity index (χ1n) is 3.40. The Bertz CT molecular complexity index is 118. The fraction of sp³-hybridized carbons (Fsp3) is 0.571. The molecule has 1 saturated heterocycles. The second-order valence-electron chi connectivity index (χ2n) is 1.57. The molecule has 0 aromatic heterocycles. The first kappa shape index (κ1) is 9.01. The van der Waals surface area contributed by atoms with Crippen LogP contribution in [-0.4, -0.2) is 12.5 Å². The van der Waals surface area contributed by atoms with E-state index in [2.05, 4.69) is 11.9 Å². The van der Waals surface area contributed by atoms with Gasteiger partial charge in [-0.2, -0.15) is 0 Å². The number of rotatable bonds is 0. The van der Waals surface area contributed by atoms with Gasteiger partial charge in [0.05, 0.1) is 13.0 Å². The Hall–Kier alpha value is -0.990. The van der Waals surface area contributed by atoms with Crippen LogP contribution >= 0.6 is 0 Å². The highest BCUT2D eigenvalue weighted by Gasteiger charge is 2.09. The van der Waals surface area contributed by atoms with Crippen molar-refractivity contribution in [3.63, 3.8) is 0 Å². The minimum Gasteiger partial charge on any atom is -0.479 e. The van der Waals surface area contributed by atoms with Crippen molar-refractivity contribution in [3.8, 4) is 0 Å². The van der Waals surface area contributed by atoms with E-state index in [0.29, 0.717) is 18.9 Å². The lowest BCUT2D eigenvalue weighted by molar-refractivity contribution is -0.124. The van der Waals surface area contributed by atoms with Gasteiger partial charge in [-0.05, 0) is 6.58 Å². The standard InChI is InChI=1S/C5H7NO2.C2H6/c1-4-6-5(7)2-3-8-4;1-2/h1-3H2,(H,6,7);1-2H3. The third kappa shape index (κ3) is 3.12. The molecule has 0 saturated carbocycles. The maximum absolute atomic E-state index is 10.4. The molecule has 3 nitrogen and oxygen atoms in total. The normalized spacial score (nSPS) is 16.2. The largest absolute Gasteiger partial charge is 0.479 e. The SMILES string of the molecule is C=C1NC(=O)CCO1.CC. The Morgan fingerprint density at radius 1 is 1.60 bits per heavy atom. The molecule has 1 aliphatic heterocycles. The van der Waals surface area contributed by atoms with Crippen molar-refractivity contribution in [2.24, 2.45) is 0 Å². The predicted molar refractivity (Wildman–Crippen MR) is 39.2 cm³/mol. The molecule has 0 spiro atoms. The number of hydrogen-bond donors (Lipinski definition) is 1. The van der Waals surface area contributed by atoms with Crippen molar-refractivity contribution in [1.29, 1.82) is 0 Å². The molecule has 1 rings (SSSR count). The van der Waals surface area contributed by atoms with E-state index in [-0.39, 0.29) is 5.91 Å². The molecule has 1 N–H and O–H groups in total. The van der Waals surface area contributed by atoms with Gasteiger partial charge in [0.1, 0.15) is 0 Å². The molecular weight excluding hydrogens is 130 g/mol. The molecular formula is C7H13NO2. The van der Waals surface area contributed by atoms with Gasteiger partial charge in [0.15, 0.2) is 5.88 Å². The highest BCUT2D eigenvalue weighted by atomic mass is 16.5. The van der Waals surface area contributed by atoms with Crippen LogP contribution in [0.4, 0.5) is 0 Å². The van der Waals surface area contributed by atoms with Gasteiger partial charge in [-0.1, -0.05) is 13.8 Å². The minimum atomic E-state index is -0.0127. The number of amides is 1. The lowest BCUT2D eigenvalue weighted by atomic mass is 10.4. The van der Waals surface area contributed by atoms with Crippen LogP contribution in [-0.2, 0) is 9.53 Å². The molecule has 58 valence electrons. The molecule has 0 aliphatic carbocycles. The first-order valence-corrected chi connectivity index (χ1v) is 3.40. The number of hydrogen-bond acceptors (Lipinski definition) is 2. The fourth-order valence-corrected chi connectivity index (χ4v) is 0.521. The summed E-state index contributed by atoms with van der Waals surface area (Å²) < 4.78 is 4.82. The quantitative estimate of drug-likeness (QED) is 0.549. The molecule has 0 aromatic rings. The van der Waals surface area contributed by atoms with Crippen LogP contribution in [0.2, 0.25) is 0 Å². The van der Waals surface area contributed by atoms with Crippen molar-refractivity contribution in [1.82, 2.24) is 5.32 Å². The third-order valence-electron chi connectivity index (χ3n) is 0.884. The van der Waals surface area contributed by atoms with E-state index < -0.39 is 0 Å². The Labute approximate surface area is 61.1 Å². The van der Waals surface area contributed by atoms with Crippen LogP contribution in [0.1, 0.15) is 20.3 Å². The topological polar surface area (TPSA) is 38.3 Å². The van der Waals surface area contributed by atoms with Crippen LogP contribution in [0.15, 0.2) is 12.5 Å². The smallest absolute Gasteiger partial charge is 0.230 e. The summed E-state index contributed by atoms with van der Waals surface area (Å²) in [7, 11) is 0. The van der Waals surface area contributed by atoms with Crippen molar-refractivity contribution >= 4 is 5.91 Å². The summed E-state index contributed by atoms with van der Waals surface area (Å²) in [5.41, 5.74) is 0. The van der Waals surface area contributed by atoms with Gasteiger partial charge in [0, 0.05) is 0 Å². The summed E-state index contributed by atoms with van der Waals surface area (Å²) in [5.74, 6) is 0.350. The van der Waals surface area contributed by atoms with E-state index in [1.165, 1.54) is 0 Å². The molecule has 0 unspecified atom stereocenters. The van der Waals surface area contributed by atoms with Gasteiger partial charge >= 0.3 is 0 Å². The molecule has 1 amide bonds. The minimum absolute atomic E-state index is 0.0127.